The van der Waals surface area contributed by atoms with Crippen molar-refractivity contribution >= 4 is 29.5 Å². The molecule has 1 saturated carbocycles. The maximum atomic E-state index is 12.6. The highest BCUT2D eigenvalue weighted by atomic mass is 35.5. The van der Waals surface area contributed by atoms with Crippen LogP contribution in [0.1, 0.15) is 22.5 Å². The van der Waals surface area contributed by atoms with Gasteiger partial charge in [0.1, 0.15) is 11.3 Å². The zero-order valence-corrected chi connectivity index (χ0v) is 17.8. The van der Waals surface area contributed by atoms with Gasteiger partial charge in [0.2, 0.25) is 5.88 Å². The van der Waals surface area contributed by atoms with Gasteiger partial charge in [-0.15, -0.1) is 5.10 Å². The topological polar surface area (TPSA) is 86.9 Å². The number of amides is 1. The quantitative estimate of drug-likeness (QED) is 0.434. The molecule has 0 spiro atoms. The van der Waals surface area contributed by atoms with Crippen LogP contribution in [-0.4, -0.2) is 42.7 Å². The molecule has 3 aromatic heterocycles. The van der Waals surface area contributed by atoms with E-state index < -0.39 is 24.1 Å². The molecular formula is C18H16ClF3N6O2S. The van der Waals surface area contributed by atoms with Gasteiger partial charge in [-0.05, 0) is 37.4 Å². The summed E-state index contributed by atoms with van der Waals surface area (Å²) in [5, 5.41) is 8.22. The van der Waals surface area contributed by atoms with Crippen LogP contribution in [0.3, 0.4) is 0 Å². The number of aryl methyl sites for hydroxylation is 2. The van der Waals surface area contributed by atoms with Gasteiger partial charge in [0.25, 0.3) is 5.91 Å². The normalized spacial score (nSPS) is 18.1. The van der Waals surface area contributed by atoms with Crippen molar-refractivity contribution < 1.29 is 22.7 Å². The summed E-state index contributed by atoms with van der Waals surface area (Å²) in [4.78, 5) is 17.4. The van der Waals surface area contributed by atoms with Gasteiger partial charge >= 0.3 is 6.18 Å². The predicted molar refractivity (Wildman–Crippen MR) is 106 cm³/mol. The van der Waals surface area contributed by atoms with Gasteiger partial charge in [-0.1, -0.05) is 11.6 Å². The number of carbonyl (C=O) groups is 1. The molecule has 1 N–H and O–H groups in total. The van der Waals surface area contributed by atoms with Crippen LogP contribution in [0.4, 0.5) is 13.2 Å². The highest BCUT2D eigenvalue weighted by Crippen LogP contribution is 2.46. The first-order valence-electron chi connectivity index (χ1n) is 9.05. The Morgan fingerprint density at radius 1 is 1.32 bits per heavy atom. The molecule has 31 heavy (non-hydrogen) atoms. The fourth-order valence-electron chi connectivity index (χ4n) is 2.86. The van der Waals surface area contributed by atoms with E-state index in [4.69, 9.17) is 16.3 Å². The third kappa shape index (κ3) is 4.79. The number of nitrogens with zero attached hydrogens (tertiary/aromatic N) is 5. The van der Waals surface area contributed by atoms with Gasteiger partial charge < -0.3 is 4.74 Å². The highest BCUT2D eigenvalue weighted by molar-refractivity contribution is 7.98. The van der Waals surface area contributed by atoms with E-state index in [2.05, 4.69) is 19.9 Å². The number of nitrogens with one attached hydrogen (secondary N) is 1. The molecule has 0 aromatic carbocycles. The lowest BCUT2D eigenvalue weighted by Gasteiger charge is -2.07. The summed E-state index contributed by atoms with van der Waals surface area (Å²) in [5.41, 5.74) is 0.936. The summed E-state index contributed by atoms with van der Waals surface area (Å²) < 4.78 is 48.7. The second kappa shape index (κ2) is 8.08. The molecule has 1 aliphatic carbocycles. The van der Waals surface area contributed by atoms with E-state index in [-0.39, 0.29) is 28.8 Å². The summed E-state index contributed by atoms with van der Waals surface area (Å²) in [7, 11) is 1.78. The van der Waals surface area contributed by atoms with Crippen molar-refractivity contribution in [1.29, 1.82) is 0 Å². The van der Waals surface area contributed by atoms with Crippen LogP contribution in [0.2, 0.25) is 5.15 Å². The molecule has 164 valence electrons. The van der Waals surface area contributed by atoms with E-state index in [1.54, 1.807) is 17.9 Å². The lowest BCUT2D eigenvalue weighted by atomic mass is 10.3. The number of aromatic nitrogens is 5. The van der Waals surface area contributed by atoms with Crippen LogP contribution >= 0.6 is 23.5 Å². The van der Waals surface area contributed by atoms with Crippen molar-refractivity contribution in [3.05, 3.63) is 47.0 Å². The average molecular weight is 473 g/mol. The minimum absolute atomic E-state index is 0.0456. The summed E-state index contributed by atoms with van der Waals surface area (Å²) in [6.45, 7) is 1.83. The third-order valence-electron chi connectivity index (χ3n) is 4.52. The fraction of sp³-hybridized carbons (Fsp3) is 0.333. The van der Waals surface area contributed by atoms with Crippen molar-refractivity contribution in [1.82, 2.24) is 29.3 Å². The molecule has 4 rings (SSSR count). The lowest BCUT2D eigenvalue weighted by Crippen LogP contribution is -2.17. The highest BCUT2D eigenvalue weighted by Gasteiger charge is 2.57. The zero-order valence-electron chi connectivity index (χ0n) is 16.2. The van der Waals surface area contributed by atoms with Crippen molar-refractivity contribution in [2.45, 2.75) is 30.5 Å². The predicted octanol–water partition coefficient (Wildman–Crippen LogP) is 3.73. The first-order chi connectivity index (χ1) is 14.6. The maximum absolute atomic E-state index is 12.6. The molecule has 1 amide bonds. The molecule has 0 saturated heterocycles. The molecule has 13 heteroatoms. The number of alkyl halides is 3. The van der Waals surface area contributed by atoms with Crippen molar-refractivity contribution in [3.63, 3.8) is 0 Å². The van der Waals surface area contributed by atoms with Gasteiger partial charge in [-0.25, -0.2) is 9.67 Å². The minimum Gasteiger partial charge on any atom is -0.473 e. The van der Waals surface area contributed by atoms with Gasteiger partial charge in [0, 0.05) is 25.5 Å². The van der Waals surface area contributed by atoms with Gasteiger partial charge in [-0.3, -0.25) is 14.2 Å². The van der Waals surface area contributed by atoms with Crippen molar-refractivity contribution in [2.75, 3.05) is 0 Å². The number of carbonyl (C=O) groups excluding carboxylic acids is 1. The van der Waals surface area contributed by atoms with Gasteiger partial charge in [0.05, 0.1) is 22.1 Å². The summed E-state index contributed by atoms with van der Waals surface area (Å²) >= 11 is 7.28. The van der Waals surface area contributed by atoms with Gasteiger partial charge in [-0.2, -0.15) is 18.3 Å². The molecule has 1 aliphatic rings. The lowest BCUT2D eigenvalue weighted by molar-refractivity contribution is -0.153. The number of hydrogen-bond acceptors (Lipinski definition) is 6. The summed E-state index contributed by atoms with van der Waals surface area (Å²) in [6, 6.07) is 4.45. The number of hydrogen-bond donors (Lipinski definition) is 1. The van der Waals surface area contributed by atoms with Crippen LogP contribution in [0, 0.1) is 12.8 Å². The Morgan fingerprint density at radius 2 is 2.10 bits per heavy atom. The van der Waals surface area contributed by atoms with Crippen LogP contribution < -0.4 is 9.46 Å². The second-order valence-electron chi connectivity index (χ2n) is 6.93. The first-order valence-corrected chi connectivity index (χ1v) is 10.2. The Bertz CT molecular complexity index is 1130. The number of halogens is 4. The Balaban J connectivity index is 1.40. The molecule has 3 heterocycles. The number of rotatable bonds is 6. The Kier molecular flexibility index (Phi) is 5.60. The van der Waals surface area contributed by atoms with Crippen molar-refractivity contribution in [2.24, 2.45) is 13.0 Å². The van der Waals surface area contributed by atoms with Gasteiger partial charge in [0.15, 0.2) is 5.82 Å². The molecule has 0 aliphatic heterocycles. The Labute approximate surface area is 183 Å². The average Bonchev–Trinajstić information content (AvgIpc) is 3.19. The Morgan fingerprint density at radius 3 is 2.71 bits per heavy atom. The smallest absolute Gasteiger partial charge is 0.395 e. The number of ether oxygens (including phenoxy) is 1. The maximum Gasteiger partial charge on any atom is 0.395 e. The number of pyridine rings is 1. The van der Waals surface area contributed by atoms with Crippen LogP contribution in [0.15, 0.2) is 35.5 Å². The summed E-state index contributed by atoms with van der Waals surface area (Å²) in [5.74, 6) is -1.56. The van der Waals surface area contributed by atoms with E-state index in [1.807, 2.05) is 6.92 Å². The second-order valence-corrected chi connectivity index (χ2v) is 8.14. The fourth-order valence-corrected chi connectivity index (χ4v) is 3.80. The molecule has 0 radical (unpaired) electrons. The van der Waals surface area contributed by atoms with Crippen LogP contribution in [0.25, 0.3) is 5.82 Å². The summed E-state index contributed by atoms with van der Waals surface area (Å²) in [6.07, 6.45) is -2.01. The van der Waals surface area contributed by atoms with Crippen LogP contribution in [0.5, 0.6) is 5.88 Å². The largest absolute Gasteiger partial charge is 0.473 e. The molecule has 0 bridgehead atoms. The van der Waals surface area contributed by atoms with E-state index >= 15 is 0 Å². The monoisotopic (exact) mass is 472 g/mol. The zero-order chi connectivity index (χ0) is 22.3. The van der Waals surface area contributed by atoms with E-state index in [0.717, 1.165) is 22.5 Å². The van der Waals surface area contributed by atoms with Crippen LogP contribution in [-0.2, 0) is 7.05 Å². The van der Waals surface area contributed by atoms with Crippen molar-refractivity contribution in [3.8, 4) is 11.7 Å². The SMILES string of the molecule is Cc1nn(C)cc1SNC(=O)c1ccc(-n2ccc(OC3CC3C(F)(F)F)n2)nc1Cl. The molecule has 2 atom stereocenters. The van der Waals surface area contributed by atoms with E-state index in [9.17, 15) is 18.0 Å². The molecule has 2 unspecified atom stereocenters. The van der Waals surface area contributed by atoms with E-state index in [0.29, 0.717) is 0 Å². The third-order valence-corrected chi connectivity index (χ3v) is 5.72. The Hall–Kier alpha value is -2.73. The standard InChI is InChI=1S/C18H16ClF3N6O2S/c1-9-13(8-27(2)24-9)31-26-17(29)10-3-4-14(23-16(10)19)28-6-5-15(25-28)30-12-7-11(12)18(20,21)22/h3-6,8,11-12H,7H2,1-2H3,(H,26,29). The molecule has 3 aromatic rings. The minimum atomic E-state index is -4.27. The molecule has 1 fully saturated rings. The molecular weight excluding hydrogens is 457 g/mol. The molecule has 8 nitrogen and oxygen atoms in total. The van der Waals surface area contributed by atoms with E-state index in [1.165, 1.54) is 29.1 Å². The first kappa shape index (κ1) is 21.5.